The molecule has 204 valence electrons. The Hall–Kier alpha value is -1.66. The predicted octanol–water partition coefficient (Wildman–Crippen LogP) is 8.38. The van der Waals surface area contributed by atoms with Crippen LogP contribution in [0.5, 0.6) is 5.75 Å². The summed E-state index contributed by atoms with van der Waals surface area (Å²) >= 11 is 0. The van der Waals surface area contributed by atoms with Crippen molar-refractivity contribution in [1.82, 2.24) is 0 Å². The van der Waals surface area contributed by atoms with Crippen molar-refractivity contribution < 1.29 is 19.0 Å². The Labute approximate surface area is 222 Å². The molecule has 1 aromatic carbocycles. The fourth-order valence-electron chi connectivity index (χ4n) is 4.45. The Morgan fingerprint density at radius 1 is 1.08 bits per heavy atom. The number of rotatable bonds is 20. The van der Waals surface area contributed by atoms with Gasteiger partial charge in [-0.05, 0) is 68.4 Å². The molecule has 3 atom stereocenters. The Kier molecular flexibility index (Phi) is 15.2. The summed E-state index contributed by atoms with van der Waals surface area (Å²) < 4.78 is 18.4. The van der Waals surface area contributed by atoms with E-state index in [0.717, 1.165) is 67.1 Å². The van der Waals surface area contributed by atoms with Crippen LogP contribution in [-0.4, -0.2) is 38.3 Å². The smallest absolute Gasteiger partial charge is 0.192 e. The number of ether oxygens (including phenoxy) is 2. The first-order chi connectivity index (χ1) is 17.2. The molecule has 1 unspecified atom stereocenters. The van der Waals surface area contributed by atoms with E-state index in [4.69, 9.17) is 13.9 Å². The van der Waals surface area contributed by atoms with Crippen molar-refractivity contribution in [1.29, 1.82) is 0 Å². The van der Waals surface area contributed by atoms with Crippen LogP contribution in [0.2, 0.25) is 18.1 Å². The maximum Gasteiger partial charge on any atom is 0.192 e. The number of aliphatic hydroxyl groups excluding tert-OH is 1. The highest BCUT2D eigenvalue weighted by atomic mass is 28.4. The van der Waals surface area contributed by atoms with Crippen molar-refractivity contribution in [2.45, 2.75) is 116 Å². The molecule has 0 amide bonds. The van der Waals surface area contributed by atoms with Gasteiger partial charge < -0.3 is 19.0 Å². The van der Waals surface area contributed by atoms with Gasteiger partial charge in [0.1, 0.15) is 11.4 Å². The van der Waals surface area contributed by atoms with Crippen molar-refractivity contribution in [3.05, 3.63) is 66.8 Å². The third-order valence-corrected chi connectivity index (χ3v) is 12.0. The summed E-state index contributed by atoms with van der Waals surface area (Å²) in [5.41, 5.74) is 1.21. The summed E-state index contributed by atoms with van der Waals surface area (Å²) in [6, 6.07) is 11.2. The quantitative estimate of drug-likeness (QED) is 0.107. The number of hydrogen-bond acceptors (Lipinski definition) is 4. The summed E-state index contributed by atoms with van der Waals surface area (Å²) in [6.07, 6.45) is 10.7. The van der Waals surface area contributed by atoms with Crippen molar-refractivity contribution in [2.75, 3.05) is 7.11 Å². The van der Waals surface area contributed by atoms with Crippen molar-refractivity contribution in [3.63, 3.8) is 0 Å². The van der Waals surface area contributed by atoms with Crippen molar-refractivity contribution >= 4 is 8.32 Å². The topological polar surface area (TPSA) is 47.9 Å². The van der Waals surface area contributed by atoms with Gasteiger partial charge in [-0.3, -0.25) is 0 Å². The second kappa shape index (κ2) is 17.0. The summed E-state index contributed by atoms with van der Waals surface area (Å²) in [4.78, 5) is 0. The van der Waals surface area contributed by atoms with Gasteiger partial charge in [-0.1, -0.05) is 83.0 Å². The highest BCUT2D eigenvalue weighted by Crippen LogP contribution is 2.30. The molecule has 0 saturated heterocycles. The summed E-state index contributed by atoms with van der Waals surface area (Å²) in [6.45, 7) is 19.6. The van der Waals surface area contributed by atoms with Gasteiger partial charge in [-0.25, -0.2) is 0 Å². The maximum atomic E-state index is 11.4. The Morgan fingerprint density at radius 3 is 2.25 bits per heavy atom. The molecular formula is C31H52O4Si. The molecule has 1 N–H and O–H groups in total. The van der Waals surface area contributed by atoms with Crippen LogP contribution in [0.4, 0.5) is 0 Å². The van der Waals surface area contributed by atoms with Crippen LogP contribution >= 0.6 is 0 Å². The van der Waals surface area contributed by atoms with E-state index in [9.17, 15) is 5.11 Å². The molecule has 36 heavy (non-hydrogen) atoms. The summed E-state index contributed by atoms with van der Waals surface area (Å²) in [5.74, 6) is 0.815. The minimum atomic E-state index is -1.74. The van der Waals surface area contributed by atoms with E-state index in [-0.39, 0.29) is 6.10 Å². The molecule has 4 nitrogen and oxygen atoms in total. The van der Waals surface area contributed by atoms with E-state index < -0.39 is 20.0 Å². The number of unbranched alkanes of at least 4 members (excludes halogenated alkanes) is 2. The molecule has 0 aliphatic carbocycles. The van der Waals surface area contributed by atoms with Crippen LogP contribution < -0.4 is 4.74 Å². The average molecular weight is 517 g/mol. The van der Waals surface area contributed by atoms with Gasteiger partial charge in [0.05, 0.1) is 25.9 Å². The van der Waals surface area contributed by atoms with E-state index in [2.05, 4.69) is 46.9 Å². The van der Waals surface area contributed by atoms with Crippen molar-refractivity contribution in [2.24, 2.45) is 0 Å². The normalized spacial score (nSPS) is 15.4. The van der Waals surface area contributed by atoms with Gasteiger partial charge in [0, 0.05) is 0 Å². The molecule has 0 aliphatic heterocycles. The predicted molar refractivity (Wildman–Crippen MR) is 156 cm³/mol. The molecule has 5 heteroatoms. The third kappa shape index (κ3) is 10.8. The highest BCUT2D eigenvalue weighted by Gasteiger charge is 2.34. The van der Waals surface area contributed by atoms with Gasteiger partial charge in [-0.15, -0.1) is 6.58 Å². The molecule has 0 bridgehead atoms. The lowest BCUT2D eigenvalue weighted by atomic mass is 9.90. The first-order valence-electron chi connectivity index (χ1n) is 13.8. The van der Waals surface area contributed by atoms with Gasteiger partial charge >= 0.3 is 0 Å². The summed E-state index contributed by atoms with van der Waals surface area (Å²) in [5, 5.41) is 11.4. The molecular weight excluding hydrogens is 464 g/mol. The Morgan fingerprint density at radius 2 is 1.72 bits per heavy atom. The first-order valence-corrected chi connectivity index (χ1v) is 16.3. The average Bonchev–Trinajstić information content (AvgIpc) is 2.89. The largest absolute Gasteiger partial charge is 0.497 e. The van der Waals surface area contributed by atoms with E-state index in [1.807, 2.05) is 43.3 Å². The van der Waals surface area contributed by atoms with Crippen molar-refractivity contribution in [3.8, 4) is 5.75 Å². The molecule has 0 spiro atoms. The van der Waals surface area contributed by atoms with Gasteiger partial charge in [-0.2, -0.15) is 0 Å². The lowest BCUT2D eigenvalue weighted by molar-refractivity contribution is -0.0888. The second-order valence-corrected chi connectivity index (χ2v) is 14.8. The molecule has 0 fully saturated rings. The molecule has 1 rings (SSSR count). The van der Waals surface area contributed by atoms with Crippen LogP contribution in [0.1, 0.15) is 78.7 Å². The zero-order chi connectivity index (χ0) is 27.0. The monoisotopic (exact) mass is 516 g/mol. The number of hydrogen-bond donors (Lipinski definition) is 1. The third-order valence-electron chi connectivity index (χ3n) is 7.32. The Bertz CT molecular complexity index is 776. The lowest BCUT2D eigenvalue weighted by Crippen LogP contribution is -2.41. The second-order valence-electron chi connectivity index (χ2n) is 10.0. The molecule has 0 aliphatic rings. The van der Waals surface area contributed by atoms with Crippen LogP contribution in [0.3, 0.4) is 0 Å². The van der Waals surface area contributed by atoms with E-state index >= 15 is 0 Å². The molecule has 0 saturated carbocycles. The molecule has 0 heterocycles. The zero-order valence-corrected chi connectivity index (χ0v) is 24.9. The molecule has 0 radical (unpaired) electrons. The van der Waals surface area contributed by atoms with Crippen LogP contribution in [-0.2, 0) is 15.8 Å². The minimum Gasteiger partial charge on any atom is -0.497 e. The van der Waals surface area contributed by atoms with E-state index in [0.29, 0.717) is 13.0 Å². The highest BCUT2D eigenvalue weighted by molar-refractivity contribution is 6.73. The van der Waals surface area contributed by atoms with Gasteiger partial charge in [0.15, 0.2) is 8.32 Å². The van der Waals surface area contributed by atoms with Crippen LogP contribution in [0, 0.1) is 0 Å². The minimum absolute atomic E-state index is 0.0697. The van der Waals surface area contributed by atoms with Crippen LogP contribution in [0.25, 0.3) is 0 Å². The first kappa shape index (κ1) is 32.4. The summed E-state index contributed by atoms with van der Waals surface area (Å²) in [7, 11) is -0.0808. The lowest BCUT2D eigenvalue weighted by Gasteiger charge is -2.35. The number of aliphatic hydroxyl groups is 1. The SMILES string of the molecule is C=CC[C@@H](CC(=C)CC(O)[C@@](C)(/C=C/CCCC)OCc1ccc(OC)cc1)O[Si](CC)(CC)CC. The number of benzene rings is 1. The van der Waals surface area contributed by atoms with Gasteiger partial charge in [0.25, 0.3) is 0 Å². The fraction of sp³-hybridized carbons (Fsp3) is 0.613. The Balaban J connectivity index is 2.93. The zero-order valence-electron chi connectivity index (χ0n) is 23.9. The molecule has 1 aromatic rings. The molecule has 0 aromatic heterocycles. The van der Waals surface area contributed by atoms with Crippen LogP contribution in [0.15, 0.2) is 61.2 Å². The van der Waals surface area contributed by atoms with Gasteiger partial charge in [0.2, 0.25) is 0 Å². The van der Waals surface area contributed by atoms with E-state index in [1.165, 1.54) is 0 Å². The number of allylic oxidation sites excluding steroid dienone is 1. The number of methoxy groups -OCH3 is 1. The standard InChI is InChI=1S/C31H52O4Si/c1-9-14-15-16-22-31(7,34-25-27-18-20-28(33-8)21-19-27)30(32)24-26(6)23-29(17-10-2)35-36(11-3,12-4)13-5/h10,16,18-22,29-30,32H,2,6,9,11-15,17,23-25H2,1,3-5,7-8H3/b22-16+/t29-,30?,31+/m0/s1. The maximum absolute atomic E-state index is 11.4. The fourth-order valence-corrected chi connectivity index (χ4v) is 7.34. The van der Waals surface area contributed by atoms with E-state index in [1.54, 1.807) is 7.11 Å².